The Morgan fingerprint density at radius 1 is 1.45 bits per heavy atom. The Kier molecular flexibility index (Phi) is 3.66. The number of hydrogen-bond acceptors (Lipinski definition) is 3. The average Bonchev–Trinajstić information content (AvgIpc) is 1.86. The van der Waals surface area contributed by atoms with Crippen LogP contribution in [-0.4, -0.2) is 16.9 Å². The standard InChI is InChI=1S/C7H8O4/c1-5(8)3-2-4-6(9)7(10)11/h2-4,9H,1H3,(H,10,11)/p-1. The van der Waals surface area contributed by atoms with E-state index in [4.69, 9.17) is 5.11 Å². The number of ketones is 1. The van der Waals surface area contributed by atoms with Crippen molar-refractivity contribution in [1.82, 2.24) is 0 Å². The van der Waals surface area contributed by atoms with E-state index in [1.807, 2.05) is 0 Å². The van der Waals surface area contributed by atoms with E-state index in [0.29, 0.717) is 0 Å². The molecule has 0 aromatic carbocycles. The molecule has 0 unspecified atom stereocenters. The fraction of sp³-hybridized carbons (Fsp3) is 0.143. The topological polar surface area (TPSA) is 77.4 Å². The fourth-order valence-electron chi connectivity index (χ4n) is 0.342. The zero-order chi connectivity index (χ0) is 8.85. The van der Waals surface area contributed by atoms with Gasteiger partial charge in [-0.15, -0.1) is 0 Å². The molecule has 0 rings (SSSR count). The van der Waals surface area contributed by atoms with Crippen LogP contribution in [0.1, 0.15) is 6.92 Å². The van der Waals surface area contributed by atoms with E-state index in [-0.39, 0.29) is 5.78 Å². The first-order valence-electron chi connectivity index (χ1n) is 2.83. The molecular weight excluding hydrogens is 148 g/mol. The van der Waals surface area contributed by atoms with Crippen LogP contribution in [0.2, 0.25) is 0 Å². The van der Waals surface area contributed by atoms with Crippen molar-refractivity contribution in [3.8, 4) is 0 Å². The Hall–Kier alpha value is -1.58. The summed E-state index contributed by atoms with van der Waals surface area (Å²) < 4.78 is 0. The predicted octanol–water partition coefficient (Wildman–Crippen LogP) is -0.540. The zero-order valence-electron chi connectivity index (χ0n) is 5.90. The highest BCUT2D eigenvalue weighted by molar-refractivity contribution is 5.88. The number of carboxylic acid groups (broad SMARTS) is 1. The summed E-state index contributed by atoms with van der Waals surface area (Å²) in [5, 5.41) is 18.4. The molecule has 0 spiro atoms. The largest absolute Gasteiger partial charge is 0.868 e. The highest BCUT2D eigenvalue weighted by atomic mass is 16.4. The molecule has 0 atom stereocenters. The molecule has 1 N–H and O–H groups in total. The first-order valence-corrected chi connectivity index (χ1v) is 2.83. The van der Waals surface area contributed by atoms with E-state index in [1.165, 1.54) is 6.92 Å². The van der Waals surface area contributed by atoms with E-state index in [9.17, 15) is 14.7 Å². The maximum Gasteiger partial charge on any atom is 0.320 e. The van der Waals surface area contributed by atoms with Crippen LogP contribution in [-0.2, 0) is 9.59 Å². The first-order chi connectivity index (χ1) is 5.04. The summed E-state index contributed by atoms with van der Waals surface area (Å²) >= 11 is 0. The highest BCUT2D eigenvalue weighted by Crippen LogP contribution is 1.84. The lowest BCUT2D eigenvalue weighted by Crippen LogP contribution is -2.13. The summed E-state index contributed by atoms with van der Waals surface area (Å²) in [5.74, 6) is -2.81. The molecule has 0 heterocycles. The van der Waals surface area contributed by atoms with Crippen LogP contribution in [0, 0.1) is 0 Å². The number of carbonyl (C=O) groups is 2. The quantitative estimate of drug-likeness (QED) is 0.337. The predicted molar refractivity (Wildman–Crippen MR) is 35.5 cm³/mol. The number of aliphatic carboxylic acids is 1. The van der Waals surface area contributed by atoms with E-state index in [2.05, 4.69) is 0 Å². The van der Waals surface area contributed by atoms with Crippen molar-refractivity contribution in [3.63, 3.8) is 0 Å². The summed E-state index contributed by atoms with van der Waals surface area (Å²) in [6.45, 7) is 1.30. The Morgan fingerprint density at radius 3 is 2.36 bits per heavy atom. The molecule has 4 nitrogen and oxygen atoms in total. The van der Waals surface area contributed by atoms with Crippen LogP contribution in [0.5, 0.6) is 0 Å². The Labute approximate surface area is 63.5 Å². The summed E-state index contributed by atoms with van der Waals surface area (Å²) in [4.78, 5) is 20.1. The van der Waals surface area contributed by atoms with Crippen molar-refractivity contribution in [2.75, 3.05) is 0 Å². The van der Waals surface area contributed by atoms with E-state index in [1.54, 1.807) is 0 Å². The van der Waals surface area contributed by atoms with Gasteiger partial charge >= 0.3 is 5.97 Å². The van der Waals surface area contributed by atoms with Crippen LogP contribution in [0.4, 0.5) is 0 Å². The smallest absolute Gasteiger partial charge is 0.320 e. The van der Waals surface area contributed by atoms with Gasteiger partial charge in [0.2, 0.25) is 0 Å². The summed E-state index contributed by atoms with van der Waals surface area (Å²) in [6, 6.07) is 0. The number of carbonyl (C=O) groups excluding carboxylic acids is 1. The van der Waals surface area contributed by atoms with E-state index >= 15 is 0 Å². The van der Waals surface area contributed by atoms with Gasteiger partial charge in [0.15, 0.2) is 5.78 Å². The third kappa shape index (κ3) is 4.90. The maximum absolute atomic E-state index is 10.3. The van der Waals surface area contributed by atoms with Gasteiger partial charge < -0.3 is 10.2 Å². The molecule has 0 aliphatic heterocycles. The van der Waals surface area contributed by atoms with Crippen LogP contribution in [0.25, 0.3) is 0 Å². The number of allylic oxidation sites excluding steroid dienone is 3. The molecule has 0 fully saturated rings. The van der Waals surface area contributed by atoms with Crippen molar-refractivity contribution in [2.24, 2.45) is 0 Å². The highest BCUT2D eigenvalue weighted by Gasteiger charge is 1.88. The van der Waals surface area contributed by atoms with Gasteiger partial charge in [0.05, 0.1) is 0 Å². The molecule has 4 heteroatoms. The Morgan fingerprint density at radius 2 is 2.00 bits per heavy atom. The van der Waals surface area contributed by atoms with Crippen LogP contribution in [0.3, 0.4) is 0 Å². The third-order valence-electron chi connectivity index (χ3n) is 0.789. The molecule has 0 aliphatic rings. The zero-order valence-corrected chi connectivity index (χ0v) is 5.90. The second-order valence-electron chi connectivity index (χ2n) is 1.81. The Bertz CT molecular complexity index is 225. The second-order valence-corrected chi connectivity index (χ2v) is 1.81. The van der Waals surface area contributed by atoms with Gasteiger partial charge in [-0.3, -0.25) is 4.79 Å². The summed E-state index contributed by atoms with van der Waals surface area (Å²) in [7, 11) is 0. The van der Waals surface area contributed by atoms with Crippen molar-refractivity contribution in [3.05, 3.63) is 24.0 Å². The Balaban J connectivity index is 4.13. The lowest BCUT2D eigenvalue weighted by molar-refractivity contribution is -0.302. The second kappa shape index (κ2) is 4.27. The van der Waals surface area contributed by atoms with Gasteiger partial charge in [-0.1, -0.05) is 12.2 Å². The van der Waals surface area contributed by atoms with Gasteiger partial charge in [-0.25, -0.2) is 4.79 Å². The van der Waals surface area contributed by atoms with Gasteiger partial charge in [0.25, 0.3) is 0 Å². The summed E-state index contributed by atoms with van der Waals surface area (Å²) in [5.41, 5.74) is 0. The van der Waals surface area contributed by atoms with Gasteiger partial charge in [-0.05, 0) is 18.8 Å². The molecule has 0 radical (unpaired) electrons. The first kappa shape index (κ1) is 9.42. The van der Waals surface area contributed by atoms with Crippen molar-refractivity contribution < 1.29 is 19.8 Å². The lowest BCUT2D eigenvalue weighted by Gasteiger charge is -2.01. The van der Waals surface area contributed by atoms with Gasteiger partial charge in [0.1, 0.15) is 0 Å². The molecule has 0 aromatic rings. The minimum absolute atomic E-state index is 0.237. The number of rotatable bonds is 3. The molecule has 11 heavy (non-hydrogen) atoms. The molecule has 0 aliphatic carbocycles. The molecule has 0 bridgehead atoms. The SMILES string of the molecule is CC(=O)C=CC=C([O-])C(=O)O. The number of hydrogen-bond donors (Lipinski definition) is 1. The molecule has 0 saturated heterocycles. The van der Waals surface area contributed by atoms with Crippen molar-refractivity contribution in [2.45, 2.75) is 6.92 Å². The van der Waals surface area contributed by atoms with Crippen molar-refractivity contribution in [1.29, 1.82) is 0 Å². The van der Waals surface area contributed by atoms with Crippen LogP contribution in [0.15, 0.2) is 24.0 Å². The molecule has 0 aromatic heterocycles. The summed E-state index contributed by atoms with van der Waals surface area (Å²) in [6.07, 6.45) is 3.04. The van der Waals surface area contributed by atoms with Crippen LogP contribution >= 0.6 is 0 Å². The van der Waals surface area contributed by atoms with Gasteiger partial charge in [0, 0.05) is 0 Å². The minimum atomic E-state index is -1.53. The van der Waals surface area contributed by atoms with Gasteiger partial charge in [-0.2, -0.15) is 0 Å². The molecular formula is C7H7O4-. The minimum Gasteiger partial charge on any atom is -0.868 e. The fourth-order valence-corrected chi connectivity index (χ4v) is 0.342. The molecule has 0 saturated carbocycles. The normalized spacial score (nSPS) is 11.9. The van der Waals surface area contributed by atoms with E-state index < -0.39 is 11.7 Å². The molecule has 60 valence electrons. The monoisotopic (exact) mass is 155 g/mol. The van der Waals surface area contributed by atoms with Crippen LogP contribution < -0.4 is 5.11 Å². The van der Waals surface area contributed by atoms with E-state index in [0.717, 1.165) is 18.2 Å². The lowest BCUT2D eigenvalue weighted by atomic mass is 10.3. The number of carboxylic acids is 1. The molecule has 0 amide bonds. The maximum atomic E-state index is 10.3. The third-order valence-corrected chi connectivity index (χ3v) is 0.789. The van der Waals surface area contributed by atoms with Crippen molar-refractivity contribution >= 4 is 11.8 Å². The average molecular weight is 155 g/mol.